The summed E-state index contributed by atoms with van der Waals surface area (Å²) in [5, 5.41) is 14.0. The SMILES string of the molecule is Cc1ccc([C@H](C)NC(=O)CCCN(c2cc([N+](=O)[O-])ccc2C)S(C)(=O)=O)cc1. The number of carbonyl (C=O) groups is 1. The molecule has 2 aromatic carbocycles. The minimum Gasteiger partial charge on any atom is -0.350 e. The van der Waals surface area contributed by atoms with Crippen LogP contribution in [0.15, 0.2) is 42.5 Å². The van der Waals surface area contributed by atoms with E-state index in [0.29, 0.717) is 5.56 Å². The van der Waals surface area contributed by atoms with Gasteiger partial charge in [-0.2, -0.15) is 0 Å². The minimum atomic E-state index is -3.67. The zero-order valence-electron chi connectivity index (χ0n) is 17.6. The zero-order chi connectivity index (χ0) is 22.5. The van der Waals surface area contributed by atoms with Crippen LogP contribution in [0, 0.1) is 24.0 Å². The Morgan fingerprint density at radius 2 is 1.80 bits per heavy atom. The van der Waals surface area contributed by atoms with Crippen molar-refractivity contribution in [3.63, 3.8) is 0 Å². The first-order valence-corrected chi connectivity index (χ1v) is 11.4. The number of sulfonamides is 1. The summed E-state index contributed by atoms with van der Waals surface area (Å²) in [4.78, 5) is 22.8. The lowest BCUT2D eigenvalue weighted by atomic mass is 10.1. The summed E-state index contributed by atoms with van der Waals surface area (Å²) in [7, 11) is -3.67. The lowest BCUT2D eigenvalue weighted by Crippen LogP contribution is -2.33. The van der Waals surface area contributed by atoms with Crippen molar-refractivity contribution in [3.8, 4) is 0 Å². The zero-order valence-corrected chi connectivity index (χ0v) is 18.4. The van der Waals surface area contributed by atoms with Crippen LogP contribution in [0.5, 0.6) is 0 Å². The molecule has 0 fully saturated rings. The molecule has 0 unspecified atom stereocenters. The van der Waals surface area contributed by atoms with Crippen molar-refractivity contribution in [2.24, 2.45) is 0 Å². The number of non-ortho nitro benzene ring substituents is 1. The summed E-state index contributed by atoms with van der Waals surface area (Å²) in [5.41, 5.74) is 2.78. The summed E-state index contributed by atoms with van der Waals surface area (Å²) >= 11 is 0. The Balaban J connectivity index is 2.04. The smallest absolute Gasteiger partial charge is 0.271 e. The average molecular weight is 434 g/mol. The van der Waals surface area contributed by atoms with Crippen LogP contribution in [0.25, 0.3) is 0 Å². The summed E-state index contributed by atoms with van der Waals surface area (Å²) in [6.07, 6.45) is 1.46. The summed E-state index contributed by atoms with van der Waals surface area (Å²) in [6.45, 7) is 5.61. The quantitative estimate of drug-likeness (QED) is 0.480. The molecule has 0 aliphatic heterocycles. The van der Waals surface area contributed by atoms with Gasteiger partial charge in [0, 0.05) is 25.1 Å². The third-order valence-electron chi connectivity index (χ3n) is 4.79. The highest BCUT2D eigenvalue weighted by Gasteiger charge is 2.22. The van der Waals surface area contributed by atoms with Gasteiger partial charge in [0.2, 0.25) is 15.9 Å². The number of hydrogen-bond acceptors (Lipinski definition) is 5. The molecule has 0 aliphatic carbocycles. The van der Waals surface area contributed by atoms with Crippen LogP contribution in [0.1, 0.15) is 42.5 Å². The molecule has 0 spiro atoms. The molecule has 1 N–H and O–H groups in total. The van der Waals surface area contributed by atoms with Crippen LogP contribution in [0.4, 0.5) is 11.4 Å². The van der Waals surface area contributed by atoms with E-state index in [1.165, 1.54) is 18.2 Å². The monoisotopic (exact) mass is 433 g/mol. The van der Waals surface area contributed by atoms with Crippen molar-refractivity contribution in [3.05, 3.63) is 69.3 Å². The fraction of sp³-hybridized carbons (Fsp3) is 0.381. The summed E-state index contributed by atoms with van der Waals surface area (Å²) in [5.74, 6) is -0.188. The molecule has 1 amide bonds. The molecule has 0 bridgehead atoms. The predicted octanol–water partition coefficient (Wildman–Crippen LogP) is 3.64. The van der Waals surface area contributed by atoms with Gasteiger partial charge in [-0.05, 0) is 38.3 Å². The van der Waals surface area contributed by atoms with Gasteiger partial charge in [0.05, 0.1) is 22.9 Å². The lowest BCUT2D eigenvalue weighted by Gasteiger charge is -2.24. The molecule has 30 heavy (non-hydrogen) atoms. The summed E-state index contributed by atoms with van der Waals surface area (Å²) < 4.78 is 25.7. The Kier molecular flexibility index (Phi) is 7.55. The molecule has 2 aromatic rings. The van der Waals surface area contributed by atoms with E-state index in [2.05, 4.69) is 5.32 Å². The van der Waals surface area contributed by atoms with Gasteiger partial charge in [0.15, 0.2) is 0 Å². The topological polar surface area (TPSA) is 110 Å². The number of nitrogens with zero attached hydrogens (tertiary/aromatic N) is 2. The van der Waals surface area contributed by atoms with Gasteiger partial charge < -0.3 is 5.32 Å². The number of hydrogen-bond donors (Lipinski definition) is 1. The van der Waals surface area contributed by atoms with Crippen molar-refractivity contribution in [1.82, 2.24) is 5.32 Å². The maximum atomic E-state index is 12.3. The number of carbonyl (C=O) groups excluding carboxylic acids is 1. The largest absolute Gasteiger partial charge is 0.350 e. The molecule has 1 atom stereocenters. The number of nitro groups is 1. The molecular weight excluding hydrogens is 406 g/mol. The Hall–Kier alpha value is -2.94. The third kappa shape index (κ3) is 6.28. The molecular formula is C21H27N3O5S. The van der Waals surface area contributed by atoms with E-state index in [1.54, 1.807) is 6.92 Å². The molecule has 9 heteroatoms. The highest BCUT2D eigenvalue weighted by atomic mass is 32.2. The van der Waals surface area contributed by atoms with Crippen LogP contribution in [0.3, 0.4) is 0 Å². The maximum Gasteiger partial charge on any atom is 0.271 e. The number of nitro benzene ring substituents is 1. The standard InChI is InChI=1S/C21H27N3O5S/c1-15-7-10-18(11-8-15)17(3)22-21(25)6-5-13-23(30(4,28)29)20-14-19(24(26)27)12-9-16(20)2/h7-12,14,17H,5-6,13H2,1-4H3,(H,22,25)/t17-/m0/s1. The second kappa shape index (κ2) is 9.71. The second-order valence-corrected chi connectivity index (χ2v) is 9.27. The number of benzene rings is 2. The normalized spacial score (nSPS) is 12.3. The Labute approximate surface area is 177 Å². The van der Waals surface area contributed by atoms with Gasteiger partial charge in [-0.25, -0.2) is 8.42 Å². The van der Waals surface area contributed by atoms with E-state index in [4.69, 9.17) is 0 Å². The van der Waals surface area contributed by atoms with Gasteiger partial charge in [-0.3, -0.25) is 19.2 Å². The van der Waals surface area contributed by atoms with Crippen LogP contribution < -0.4 is 9.62 Å². The second-order valence-electron chi connectivity index (χ2n) is 7.37. The van der Waals surface area contributed by atoms with Gasteiger partial charge in [-0.1, -0.05) is 35.9 Å². The van der Waals surface area contributed by atoms with Crippen molar-refractivity contribution in [1.29, 1.82) is 0 Å². The van der Waals surface area contributed by atoms with Crippen LogP contribution in [-0.4, -0.2) is 32.0 Å². The first kappa shape index (κ1) is 23.3. The van der Waals surface area contributed by atoms with E-state index < -0.39 is 14.9 Å². The van der Waals surface area contributed by atoms with Crippen LogP contribution >= 0.6 is 0 Å². The molecule has 0 aliphatic rings. The van der Waals surface area contributed by atoms with Gasteiger partial charge in [-0.15, -0.1) is 0 Å². The molecule has 2 rings (SSSR count). The highest BCUT2D eigenvalue weighted by molar-refractivity contribution is 7.92. The molecule has 0 saturated heterocycles. The van der Waals surface area contributed by atoms with E-state index in [0.717, 1.165) is 21.7 Å². The highest BCUT2D eigenvalue weighted by Crippen LogP contribution is 2.27. The van der Waals surface area contributed by atoms with Crippen molar-refractivity contribution < 1.29 is 18.1 Å². The fourth-order valence-corrected chi connectivity index (χ4v) is 4.10. The maximum absolute atomic E-state index is 12.3. The van der Waals surface area contributed by atoms with Gasteiger partial charge in [0.25, 0.3) is 5.69 Å². The number of rotatable bonds is 9. The lowest BCUT2D eigenvalue weighted by molar-refractivity contribution is -0.384. The fourth-order valence-electron chi connectivity index (χ4n) is 3.08. The molecule has 0 radical (unpaired) electrons. The molecule has 162 valence electrons. The Morgan fingerprint density at radius 3 is 2.37 bits per heavy atom. The van der Waals surface area contributed by atoms with Crippen molar-refractivity contribution in [2.45, 2.75) is 39.7 Å². The van der Waals surface area contributed by atoms with Crippen molar-refractivity contribution >= 4 is 27.3 Å². The molecule has 0 saturated carbocycles. The number of nitrogens with one attached hydrogen (secondary N) is 1. The molecule has 0 heterocycles. The van der Waals surface area contributed by atoms with E-state index in [-0.39, 0.29) is 42.7 Å². The predicted molar refractivity (Wildman–Crippen MR) is 117 cm³/mol. The van der Waals surface area contributed by atoms with Crippen molar-refractivity contribution in [2.75, 3.05) is 17.1 Å². The summed E-state index contributed by atoms with van der Waals surface area (Å²) in [6, 6.07) is 11.8. The number of amides is 1. The minimum absolute atomic E-state index is 0.0488. The van der Waals surface area contributed by atoms with Gasteiger partial charge >= 0.3 is 0 Å². The van der Waals surface area contributed by atoms with Crippen LogP contribution in [0.2, 0.25) is 0 Å². The first-order chi connectivity index (χ1) is 14.0. The van der Waals surface area contributed by atoms with E-state index in [1.807, 2.05) is 38.1 Å². The first-order valence-electron chi connectivity index (χ1n) is 9.57. The molecule has 8 nitrogen and oxygen atoms in total. The number of aryl methyl sites for hydroxylation is 2. The van der Waals surface area contributed by atoms with E-state index >= 15 is 0 Å². The van der Waals surface area contributed by atoms with Crippen LogP contribution in [-0.2, 0) is 14.8 Å². The Bertz CT molecular complexity index is 1020. The third-order valence-corrected chi connectivity index (χ3v) is 5.97. The average Bonchev–Trinajstić information content (AvgIpc) is 2.65. The van der Waals surface area contributed by atoms with Gasteiger partial charge in [0.1, 0.15) is 0 Å². The van der Waals surface area contributed by atoms with E-state index in [9.17, 15) is 23.3 Å². The Morgan fingerprint density at radius 1 is 1.17 bits per heavy atom. The molecule has 0 aromatic heterocycles. The number of anilines is 1.